The second kappa shape index (κ2) is 11.2. The molecule has 0 unspecified atom stereocenters. The fourth-order valence-electron chi connectivity index (χ4n) is 3.82. The summed E-state index contributed by atoms with van der Waals surface area (Å²) < 4.78 is 2.11. The molecule has 2 aromatic carbocycles. The summed E-state index contributed by atoms with van der Waals surface area (Å²) >= 11 is 0. The van der Waals surface area contributed by atoms with Crippen molar-refractivity contribution in [2.45, 2.75) is 34.6 Å². The van der Waals surface area contributed by atoms with Crippen molar-refractivity contribution in [1.82, 2.24) is 19.5 Å². The van der Waals surface area contributed by atoms with Crippen molar-refractivity contribution in [2.24, 2.45) is 0 Å². The fraction of sp³-hybridized carbons (Fsp3) is 0.167. The van der Waals surface area contributed by atoms with Crippen molar-refractivity contribution in [2.75, 3.05) is 0 Å². The van der Waals surface area contributed by atoms with Crippen LogP contribution < -0.4 is 0 Å². The van der Waals surface area contributed by atoms with Crippen molar-refractivity contribution in [3.63, 3.8) is 0 Å². The zero-order valence-electron chi connectivity index (χ0n) is 20.7. The summed E-state index contributed by atoms with van der Waals surface area (Å²) in [6.07, 6.45) is 9.46. The molecule has 0 radical (unpaired) electrons. The molecule has 0 saturated carbocycles. The second-order valence-corrected chi connectivity index (χ2v) is 7.58. The Morgan fingerprint density at radius 2 is 1.68 bits per heavy atom. The van der Waals surface area contributed by atoms with Gasteiger partial charge >= 0.3 is 0 Å². The van der Waals surface area contributed by atoms with E-state index in [1.165, 1.54) is 16.5 Å². The lowest BCUT2D eigenvalue weighted by Gasteiger charge is -2.12. The predicted molar refractivity (Wildman–Crippen MR) is 146 cm³/mol. The average Bonchev–Trinajstić information content (AvgIpc) is 3.14. The molecule has 4 aromatic rings. The van der Waals surface area contributed by atoms with Crippen LogP contribution in [-0.2, 0) is 0 Å². The molecule has 0 aliphatic heterocycles. The zero-order chi connectivity index (χ0) is 24.7. The van der Waals surface area contributed by atoms with E-state index < -0.39 is 0 Å². The maximum absolute atomic E-state index is 4.91. The summed E-state index contributed by atoms with van der Waals surface area (Å²) in [4.78, 5) is 14.5. The van der Waals surface area contributed by atoms with Gasteiger partial charge in [0.15, 0.2) is 11.6 Å². The first-order valence-electron chi connectivity index (χ1n) is 11.6. The third-order valence-electron chi connectivity index (χ3n) is 5.38. The van der Waals surface area contributed by atoms with E-state index in [2.05, 4.69) is 55.8 Å². The summed E-state index contributed by atoms with van der Waals surface area (Å²) in [5.41, 5.74) is 6.21. The number of fused-ring (bicyclic) bond motifs is 1. The largest absolute Gasteiger partial charge is 0.278 e. The van der Waals surface area contributed by atoms with Crippen molar-refractivity contribution >= 4 is 22.6 Å². The van der Waals surface area contributed by atoms with Crippen molar-refractivity contribution in [3.8, 4) is 17.3 Å². The van der Waals surface area contributed by atoms with E-state index in [1.807, 2.05) is 63.3 Å². The predicted octanol–water partition coefficient (Wildman–Crippen LogP) is 7.91. The van der Waals surface area contributed by atoms with Gasteiger partial charge in [0.05, 0.1) is 11.2 Å². The Morgan fingerprint density at radius 1 is 0.941 bits per heavy atom. The Labute approximate surface area is 202 Å². The molecule has 0 aliphatic rings. The number of benzene rings is 2. The topological polar surface area (TPSA) is 43.6 Å². The molecule has 2 heterocycles. The molecule has 0 bridgehead atoms. The van der Waals surface area contributed by atoms with Gasteiger partial charge in [0.1, 0.15) is 0 Å². The van der Waals surface area contributed by atoms with Gasteiger partial charge < -0.3 is 0 Å². The van der Waals surface area contributed by atoms with E-state index in [0.717, 1.165) is 22.3 Å². The molecule has 0 atom stereocenters. The van der Waals surface area contributed by atoms with Crippen LogP contribution in [0.1, 0.15) is 43.4 Å². The Morgan fingerprint density at radius 3 is 2.32 bits per heavy atom. The first-order chi connectivity index (χ1) is 16.6. The van der Waals surface area contributed by atoms with Crippen LogP contribution in [-0.4, -0.2) is 19.5 Å². The summed E-state index contributed by atoms with van der Waals surface area (Å²) in [5, 5.41) is 1.18. The molecule has 2 aromatic heterocycles. The van der Waals surface area contributed by atoms with Gasteiger partial charge in [-0.15, -0.1) is 0 Å². The third kappa shape index (κ3) is 4.81. The quantitative estimate of drug-likeness (QED) is 0.281. The highest BCUT2D eigenvalue weighted by Crippen LogP contribution is 2.31. The van der Waals surface area contributed by atoms with Crippen LogP contribution in [0, 0.1) is 13.8 Å². The number of hydrogen-bond donors (Lipinski definition) is 0. The standard InChI is InChI=1S/C28H26N4.C2H6/c1-6-12-21(8-3)26-29-27(22-14-10-9-11-15-22)31-28(30-26)32-24(13-7-2)20(5)23-17-16-19(4)18-25(23)32;1-2/h6-18H,1,3H2,2,4-5H3;1-2H3/b13-7-,21-12+;. The zero-order valence-corrected chi connectivity index (χ0v) is 20.7. The van der Waals surface area contributed by atoms with Gasteiger partial charge in [-0.25, -0.2) is 4.98 Å². The Balaban J connectivity index is 0.00000158. The van der Waals surface area contributed by atoms with Crippen LogP contribution in [0.5, 0.6) is 0 Å². The van der Waals surface area contributed by atoms with Crippen molar-refractivity contribution in [1.29, 1.82) is 0 Å². The van der Waals surface area contributed by atoms with E-state index >= 15 is 0 Å². The molecule has 172 valence electrons. The minimum absolute atomic E-state index is 0.558. The first kappa shape index (κ1) is 24.6. The summed E-state index contributed by atoms with van der Waals surface area (Å²) in [7, 11) is 0. The summed E-state index contributed by atoms with van der Waals surface area (Å²) in [5.74, 6) is 1.74. The highest BCUT2D eigenvalue weighted by atomic mass is 15.2. The van der Waals surface area contributed by atoms with Gasteiger partial charge in [-0.05, 0) is 44.0 Å². The highest BCUT2D eigenvalue weighted by molar-refractivity contribution is 5.90. The molecule has 34 heavy (non-hydrogen) atoms. The number of rotatable bonds is 6. The maximum Gasteiger partial charge on any atom is 0.238 e. The van der Waals surface area contributed by atoms with Crippen LogP contribution in [0.3, 0.4) is 0 Å². The molecule has 0 aliphatic carbocycles. The third-order valence-corrected chi connectivity index (χ3v) is 5.38. The van der Waals surface area contributed by atoms with Gasteiger partial charge in [0.25, 0.3) is 0 Å². The maximum atomic E-state index is 4.91. The Hall–Kier alpha value is -4.05. The van der Waals surface area contributed by atoms with Crippen LogP contribution in [0.4, 0.5) is 0 Å². The van der Waals surface area contributed by atoms with E-state index in [9.17, 15) is 0 Å². The lowest BCUT2D eigenvalue weighted by molar-refractivity contribution is 0.906. The minimum Gasteiger partial charge on any atom is -0.278 e. The van der Waals surface area contributed by atoms with Crippen molar-refractivity contribution < 1.29 is 0 Å². The average molecular weight is 449 g/mol. The molecule has 0 N–H and O–H groups in total. The number of nitrogens with zero attached hydrogens (tertiary/aromatic N) is 4. The normalized spacial score (nSPS) is 11.4. The summed E-state index contributed by atoms with van der Waals surface area (Å²) in [6.45, 7) is 18.0. The van der Waals surface area contributed by atoms with Gasteiger partial charge in [-0.1, -0.05) is 93.8 Å². The van der Waals surface area contributed by atoms with E-state index in [0.29, 0.717) is 17.6 Å². The molecule has 0 amide bonds. The summed E-state index contributed by atoms with van der Waals surface area (Å²) in [6, 6.07) is 16.4. The van der Waals surface area contributed by atoms with Gasteiger partial charge in [-0.3, -0.25) is 4.57 Å². The monoisotopic (exact) mass is 448 g/mol. The Kier molecular flexibility index (Phi) is 8.10. The van der Waals surface area contributed by atoms with Crippen molar-refractivity contribution in [3.05, 3.63) is 109 Å². The molecule has 4 rings (SSSR count). The molecule has 4 nitrogen and oxygen atoms in total. The molecule has 0 spiro atoms. The lowest BCUT2D eigenvalue weighted by Crippen LogP contribution is -2.09. The number of aryl methyl sites for hydroxylation is 2. The fourth-order valence-corrected chi connectivity index (χ4v) is 3.82. The van der Waals surface area contributed by atoms with Crippen LogP contribution in [0.15, 0.2) is 86.0 Å². The molecule has 0 saturated heterocycles. The molecular weight excluding hydrogens is 416 g/mol. The van der Waals surface area contributed by atoms with E-state index in [4.69, 9.17) is 15.0 Å². The number of allylic oxidation sites excluding steroid dienone is 5. The number of aromatic nitrogens is 4. The molecule has 0 fully saturated rings. The van der Waals surface area contributed by atoms with Crippen LogP contribution >= 0.6 is 0 Å². The van der Waals surface area contributed by atoms with Crippen LogP contribution in [0.2, 0.25) is 0 Å². The smallest absolute Gasteiger partial charge is 0.238 e. The first-order valence-corrected chi connectivity index (χ1v) is 11.6. The minimum atomic E-state index is 0.558. The Bertz CT molecular complexity index is 1370. The van der Waals surface area contributed by atoms with Gasteiger partial charge in [-0.2, -0.15) is 9.97 Å². The van der Waals surface area contributed by atoms with Crippen LogP contribution in [0.25, 0.3) is 39.9 Å². The van der Waals surface area contributed by atoms with Gasteiger partial charge in [0, 0.05) is 16.5 Å². The lowest BCUT2D eigenvalue weighted by atomic mass is 10.1. The number of hydrogen-bond acceptors (Lipinski definition) is 3. The second-order valence-electron chi connectivity index (χ2n) is 7.58. The van der Waals surface area contributed by atoms with E-state index in [1.54, 1.807) is 12.2 Å². The molecule has 4 heteroatoms. The SMILES string of the molecule is C=C/C=C(\C=C)c1nc(-c2ccccc2)nc(-n2c(/C=C\C)c(C)c3ccc(C)cc32)n1.CC. The van der Waals surface area contributed by atoms with Gasteiger partial charge in [0.2, 0.25) is 5.95 Å². The molecular formula is C30H32N4. The highest BCUT2D eigenvalue weighted by Gasteiger charge is 2.18. The van der Waals surface area contributed by atoms with E-state index in [-0.39, 0.29) is 0 Å².